The third-order valence-corrected chi connectivity index (χ3v) is 8.66. The fraction of sp³-hybridized carbons (Fsp3) is 0.308. The summed E-state index contributed by atoms with van der Waals surface area (Å²) in [5.41, 5.74) is 0.334. The molecule has 1 aromatic rings. The van der Waals surface area contributed by atoms with E-state index in [0.29, 0.717) is 12.7 Å². The van der Waals surface area contributed by atoms with Gasteiger partial charge in [-0.25, -0.2) is 9.59 Å². The molecule has 0 saturated carbocycles. The second kappa shape index (κ2) is 9.88. The summed E-state index contributed by atoms with van der Waals surface area (Å²) in [5.74, 6) is -3.01. The van der Waals surface area contributed by atoms with Gasteiger partial charge in [0.1, 0.15) is 0 Å². The number of benzene rings is 1. The van der Waals surface area contributed by atoms with E-state index in [1.165, 1.54) is 0 Å². The molecule has 0 spiro atoms. The highest BCUT2D eigenvalue weighted by Gasteiger charge is 2.26. The highest BCUT2D eigenvalue weighted by atomic mass is 127. The summed E-state index contributed by atoms with van der Waals surface area (Å²) in [5, 5.41) is 17.7. The average Bonchev–Trinajstić information content (AvgIpc) is 2.43. The van der Waals surface area contributed by atoms with E-state index in [1.807, 2.05) is 51.2 Å². The number of carboxylic acid groups (broad SMARTS) is 2. The molecular formula is C13H10I4O6. The van der Waals surface area contributed by atoms with Crippen LogP contribution in [0.1, 0.15) is 29.6 Å². The smallest absolute Gasteiger partial charge is 0.345 e. The summed E-state index contributed by atoms with van der Waals surface area (Å²) in [6, 6.07) is 1.82. The first-order valence-corrected chi connectivity index (χ1v) is 10.4. The number of esters is 1. The molecule has 0 saturated heterocycles. The molecule has 126 valence electrons. The maximum atomic E-state index is 12.3. The maximum Gasteiger partial charge on any atom is 0.345 e. The van der Waals surface area contributed by atoms with Crippen molar-refractivity contribution in [3.63, 3.8) is 0 Å². The third-order valence-electron chi connectivity index (χ3n) is 2.70. The summed E-state index contributed by atoms with van der Waals surface area (Å²) in [6.45, 7) is 0. The molecule has 1 aromatic carbocycles. The molecule has 0 heterocycles. The van der Waals surface area contributed by atoms with Gasteiger partial charge < -0.3 is 14.9 Å². The van der Waals surface area contributed by atoms with Crippen molar-refractivity contribution >= 4 is 108 Å². The largest absolute Gasteiger partial charge is 0.481 e. The lowest BCUT2D eigenvalue weighted by molar-refractivity contribution is -0.148. The van der Waals surface area contributed by atoms with Gasteiger partial charge in [-0.2, -0.15) is 0 Å². The number of carbonyl (C=O) groups is 3. The van der Waals surface area contributed by atoms with Crippen LogP contribution in [0.5, 0.6) is 0 Å². The van der Waals surface area contributed by atoms with Crippen molar-refractivity contribution in [3.8, 4) is 0 Å². The van der Waals surface area contributed by atoms with Crippen LogP contribution in [0.15, 0.2) is 6.07 Å². The van der Waals surface area contributed by atoms with Crippen LogP contribution in [0, 0.1) is 14.3 Å². The first-order valence-electron chi connectivity index (χ1n) is 6.13. The Morgan fingerprint density at radius 3 is 2.17 bits per heavy atom. The molecule has 0 fully saturated rings. The Kier molecular flexibility index (Phi) is 9.28. The third kappa shape index (κ3) is 6.41. The van der Waals surface area contributed by atoms with Crippen LogP contribution in [-0.4, -0.2) is 34.2 Å². The number of carbonyl (C=O) groups excluding carboxylic acids is 1. The van der Waals surface area contributed by atoms with Gasteiger partial charge in [0.25, 0.3) is 0 Å². The van der Waals surface area contributed by atoms with E-state index in [1.54, 1.807) is 0 Å². The molecule has 10 heteroatoms. The van der Waals surface area contributed by atoms with Crippen molar-refractivity contribution in [2.24, 2.45) is 0 Å². The van der Waals surface area contributed by atoms with Crippen LogP contribution in [0.2, 0.25) is 0 Å². The van der Waals surface area contributed by atoms with Crippen LogP contribution in [0.3, 0.4) is 0 Å². The van der Waals surface area contributed by atoms with Crippen LogP contribution < -0.4 is 0 Å². The molecule has 0 radical (unpaired) electrons. The predicted molar refractivity (Wildman–Crippen MR) is 116 cm³/mol. The van der Waals surface area contributed by atoms with Crippen molar-refractivity contribution in [1.82, 2.24) is 0 Å². The number of rotatable bonds is 7. The fourth-order valence-electron chi connectivity index (χ4n) is 1.61. The summed E-state index contributed by atoms with van der Waals surface area (Å²) < 4.78 is 8.36. The predicted octanol–water partition coefficient (Wildman–Crippen LogP) is 3.97. The Morgan fingerprint density at radius 2 is 1.65 bits per heavy atom. The first-order chi connectivity index (χ1) is 10.6. The summed E-state index contributed by atoms with van der Waals surface area (Å²) >= 11 is 8.31. The van der Waals surface area contributed by atoms with E-state index in [-0.39, 0.29) is 19.3 Å². The van der Waals surface area contributed by atoms with E-state index in [9.17, 15) is 14.4 Å². The van der Waals surface area contributed by atoms with Gasteiger partial charge in [0.15, 0.2) is 6.10 Å². The van der Waals surface area contributed by atoms with Crippen LogP contribution >= 0.6 is 90.4 Å². The number of halogens is 4. The van der Waals surface area contributed by atoms with Gasteiger partial charge in [-0.1, -0.05) is 0 Å². The average molecular weight is 770 g/mol. The van der Waals surface area contributed by atoms with Gasteiger partial charge in [-0.3, -0.25) is 4.79 Å². The van der Waals surface area contributed by atoms with Crippen LogP contribution in [0.25, 0.3) is 0 Å². The SMILES string of the molecule is O=C(O)CCCC(OC(=O)c1c(I)cc(I)c(I)c1I)C(=O)O. The molecule has 1 atom stereocenters. The van der Waals surface area contributed by atoms with E-state index < -0.39 is 24.0 Å². The summed E-state index contributed by atoms with van der Waals surface area (Å²) in [4.78, 5) is 34.0. The number of carboxylic acids is 2. The van der Waals surface area contributed by atoms with E-state index in [2.05, 4.69) is 45.2 Å². The minimum absolute atomic E-state index is 0.0397. The minimum Gasteiger partial charge on any atom is -0.481 e. The number of hydrogen-bond acceptors (Lipinski definition) is 4. The van der Waals surface area contributed by atoms with Gasteiger partial charge in [-0.15, -0.1) is 0 Å². The second-order valence-electron chi connectivity index (χ2n) is 4.36. The molecule has 0 amide bonds. The Bertz CT molecular complexity index is 646. The van der Waals surface area contributed by atoms with Crippen molar-refractivity contribution in [3.05, 3.63) is 25.9 Å². The zero-order chi connectivity index (χ0) is 17.7. The zero-order valence-electron chi connectivity index (χ0n) is 11.3. The molecule has 0 aliphatic heterocycles. The maximum absolute atomic E-state index is 12.3. The normalized spacial score (nSPS) is 11.8. The minimum atomic E-state index is -1.36. The van der Waals surface area contributed by atoms with Crippen molar-refractivity contribution in [2.75, 3.05) is 0 Å². The Hall–Kier alpha value is 0.550. The fourth-order valence-corrected chi connectivity index (χ4v) is 5.85. The standard InChI is InChI=1S/C13H10I4O6/c14-5-4-6(15)10(16)11(17)9(5)13(22)23-7(12(20)21)2-1-3-8(18)19/h4,7H,1-3H2,(H,18,19)(H,20,21). The van der Waals surface area contributed by atoms with Crippen molar-refractivity contribution < 1.29 is 29.3 Å². The monoisotopic (exact) mass is 770 g/mol. The molecule has 1 rings (SSSR count). The van der Waals surface area contributed by atoms with E-state index in [4.69, 9.17) is 14.9 Å². The van der Waals surface area contributed by atoms with Gasteiger partial charge >= 0.3 is 17.9 Å². The molecule has 0 aliphatic carbocycles. The van der Waals surface area contributed by atoms with Gasteiger partial charge in [-0.05, 0) is 109 Å². The van der Waals surface area contributed by atoms with Crippen LogP contribution in [-0.2, 0) is 14.3 Å². The van der Waals surface area contributed by atoms with Crippen molar-refractivity contribution in [2.45, 2.75) is 25.4 Å². The topological polar surface area (TPSA) is 101 Å². The molecule has 6 nitrogen and oxygen atoms in total. The Morgan fingerprint density at radius 1 is 1.04 bits per heavy atom. The molecular weight excluding hydrogens is 760 g/mol. The quantitative estimate of drug-likeness (QED) is 0.189. The Labute approximate surface area is 186 Å². The van der Waals surface area contributed by atoms with E-state index in [0.717, 1.165) is 7.14 Å². The Balaban J connectivity index is 2.94. The highest BCUT2D eigenvalue weighted by Crippen LogP contribution is 2.29. The molecule has 0 bridgehead atoms. The van der Waals surface area contributed by atoms with Gasteiger partial charge in [0, 0.05) is 20.7 Å². The zero-order valence-corrected chi connectivity index (χ0v) is 19.9. The van der Waals surface area contributed by atoms with Gasteiger partial charge in [0.05, 0.1) is 5.56 Å². The molecule has 2 N–H and O–H groups in total. The summed E-state index contributed by atoms with van der Waals surface area (Å²) in [6.07, 6.45) is -1.44. The highest BCUT2D eigenvalue weighted by molar-refractivity contribution is 14.1. The summed E-state index contributed by atoms with van der Waals surface area (Å²) in [7, 11) is 0. The van der Waals surface area contributed by atoms with Crippen molar-refractivity contribution in [1.29, 1.82) is 0 Å². The lowest BCUT2D eigenvalue weighted by Crippen LogP contribution is -2.28. The second-order valence-corrected chi connectivity index (χ2v) is 8.84. The molecule has 0 aliphatic rings. The number of hydrogen-bond donors (Lipinski definition) is 2. The van der Waals surface area contributed by atoms with Crippen LogP contribution in [0.4, 0.5) is 0 Å². The number of aliphatic carboxylic acids is 2. The molecule has 0 aromatic heterocycles. The molecule has 23 heavy (non-hydrogen) atoms. The lowest BCUT2D eigenvalue weighted by Gasteiger charge is -2.16. The molecule has 1 unspecified atom stereocenters. The lowest BCUT2D eigenvalue weighted by atomic mass is 10.1. The number of ether oxygens (including phenoxy) is 1. The van der Waals surface area contributed by atoms with E-state index >= 15 is 0 Å². The van der Waals surface area contributed by atoms with Gasteiger partial charge in [0.2, 0.25) is 0 Å². The first kappa shape index (κ1) is 21.6.